The molecule has 0 bridgehead atoms. The van der Waals surface area contributed by atoms with Gasteiger partial charge >= 0.3 is 0 Å². The summed E-state index contributed by atoms with van der Waals surface area (Å²) >= 11 is 7.19. The van der Waals surface area contributed by atoms with E-state index in [9.17, 15) is 0 Å². The van der Waals surface area contributed by atoms with Crippen LogP contribution in [0.15, 0.2) is 27.1 Å². The smallest absolute Gasteiger partial charge is 0.0499 e. The van der Waals surface area contributed by atoms with E-state index in [-0.39, 0.29) is 6.04 Å². The van der Waals surface area contributed by atoms with Gasteiger partial charge in [0, 0.05) is 15.0 Å². The molecular formula is C14H20Br2N2. The summed E-state index contributed by atoms with van der Waals surface area (Å²) < 4.78 is 2.24. The second-order valence-electron chi connectivity index (χ2n) is 5.06. The Balaban J connectivity index is 2.23. The zero-order valence-electron chi connectivity index (χ0n) is 10.5. The van der Waals surface area contributed by atoms with Crippen molar-refractivity contribution < 1.29 is 0 Å². The van der Waals surface area contributed by atoms with Crippen LogP contribution in [0.5, 0.6) is 0 Å². The molecule has 1 saturated carbocycles. The van der Waals surface area contributed by atoms with Crippen LogP contribution in [0, 0.1) is 5.92 Å². The Morgan fingerprint density at radius 1 is 1.11 bits per heavy atom. The molecule has 18 heavy (non-hydrogen) atoms. The summed E-state index contributed by atoms with van der Waals surface area (Å²) in [6, 6.07) is 6.55. The maximum atomic E-state index is 5.82. The van der Waals surface area contributed by atoms with E-state index in [2.05, 4.69) is 49.4 Å². The van der Waals surface area contributed by atoms with Gasteiger partial charge in [-0.05, 0) is 42.5 Å². The molecule has 0 spiro atoms. The molecule has 100 valence electrons. The SMILES string of the molecule is NNC(c1cc(Br)ccc1Br)C1CCCCCC1. The van der Waals surface area contributed by atoms with Gasteiger partial charge in [-0.15, -0.1) is 0 Å². The molecule has 0 heterocycles. The van der Waals surface area contributed by atoms with Gasteiger partial charge in [-0.2, -0.15) is 0 Å². The fourth-order valence-corrected chi connectivity index (χ4v) is 3.75. The van der Waals surface area contributed by atoms with Gasteiger partial charge in [0.15, 0.2) is 0 Å². The van der Waals surface area contributed by atoms with Crippen molar-refractivity contribution in [3.63, 3.8) is 0 Å². The number of nitrogens with one attached hydrogen (secondary N) is 1. The van der Waals surface area contributed by atoms with Crippen LogP contribution in [0.4, 0.5) is 0 Å². The highest BCUT2D eigenvalue weighted by atomic mass is 79.9. The minimum Gasteiger partial charge on any atom is -0.271 e. The van der Waals surface area contributed by atoms with E-state index in [1.54, 1.807) is 0 Å². The quantitative estimate of drug-likeness (QED) is 0.457. The molecule has 1 aromatic rings. The first kappa shape index (κ1) is 14.5. The van der Waals surface area contributed by atoms with E-state index in [0.29, 0.717) is 5.92 Å². The van der Waals surface area contributed by atoms with E-state index in [0.717, 1.165) is 8.95 Å². The van der Waals surface area contributed by atoms with Crippen LogP contribution in [0.2, 0.25) is 0 Å². The van der Waals surface area contributed by atoms with E-state index in [1.807, 2.05) is 6.07 Å². The summed E-state index contributed by atoms with van der Waals surface area (Å²) in [5.41, 5.74) is 4.30. The first-order valence-electron chi connectivity index (χ1n) is 6.63. The molecule has 1 aliphatic carbocycles. The predicted octanol–water partition coefficient (Wildman–Crippen LogP) is 4.69. The molecule has 0 aromatic heterocycles. The first-order chi connectivity index (χ1) is 8.72. The summed E-state index contributed by atoms with van der Waals surface area (Å²) in [5, 5.41) is 0. The van der Waals surface area contributed by atoms with Gasteiger partial charge in [0.1, 0.15) is 0 Å². The Morgan fingerprint density at radius 2 is 1.78 bits per heavy atom. The number of halogens is 2. The lowest BCUT2D eigenvalue weighted by Gasteiger charge is -2.27. The summed E-state index contributed by atoms with van der Waals surface area (Å²) in [6.07, 6.45) is 7.94. The fourth-order valence-electron chi connectivity index (χ4n) is 2.88. The molecule has 0 radical (unpaired) electrons. The molecule has 1 unspecified atom stereocenters. The second kappa shape index (κ2) is 7.04. The highest BCUT2D eigenvalue weighted by molar-refractivity contribution is 9.11. The van der Waals surface area contributed by atoms with E-state index < -0.39 is 0 Å². The summed E-state index contributed by atoms with van der Waals surface area (Å²) in [4.78, 5) is 0. The van der Waals surface area contributed by atoms with Gasteiger partial charge in [-0.1, -0.05) is 57.5 Å². The number of benzene rings is 1. The normalized spacial score (nSPS) is 19.5. The molecule has 0 aliphatic heterocycles. The monoisotopic (exact) mass is 374 g/mol. The summed E-state index contributed by atoms with van der Waals surface area (Å²) in [5.74, 6) is 6.46. The Kier molecular flexibility index (Phi) is 5.67. The van der Waals surface area contributed by atoms with Crippen molar-refractivity contribution in [3.8, 4) is 0 Å². The number of nitrogens with two attached hydrogens (primary N) is 1. The summed E-state index contributed by atoms with van der Waals surface area (Å²) in [7, 11) is 0. The van der Waals surface area contributed by atoms with E-state index in [1.165, 1.54) is 44.1 Å². The minimum absolute atomic E-state index is 0.245. The minimum atomic E-state index is 0.245. The Labute approximate surface area is 126 Å². The third-order valence-corrected chi connectivity index (χ3v) is 5.06. The average Bonchev–Trinajstić information content (AvgIpc) is 2.64. The lowest BCUT2D eigenvalue weighted by Crippen LogP contribution is -2.33. The largest absolute Gasteiger partial charge is 0.271 e. The molecule has 1 atom stereocenters. The third-order valence-electron chi connectivity index (χ3n) is 3.84. The standard InChI is InChI=1S/C14H20Br2N2/c15-11-7-8-13(16)12(9-11)14(18-17)10-5-3-1-2-4-6-10/h7-10,14,18H,1-6,17H2. The lowest BCUT2D eigenvalue weighted by molar-refractivity contribution is 0.328. The number of hydrazine groups is 1. The molecule has 1 aromatic carbocycles. The molecule has 0 saturated heterocycles. The van der Waals surface area contributed by atoms with Gasteiger partial charge in [0.25, 0.3) is 0 Å². The van der Waals surface area contributed by atoms with Crippen LogP contribution in [0.1, 0.15) is 50.1 Å². The molecule has 2 nitrogen and oxygen atoms in total. The van der Waals surface area contributed by atoms with Crippen LogP contribution in [-0.2, 0) is 0 Å². The van der Waals surface area contributed by atoms with Crippen LogP contribution in [-0.4, -0.2) is 0 Å². The van der Waals surface area contributed by atoms with Crippen LogP contribution >= 0.6 is 31.9 Å². The molecule has 3 N–H and O–H groups in total. The number of rotatable bonds is 3. The van der Waals surface area contributed by atoms with Crippen molar-refractivity contribution in [3.05, 3.63) is 32.7 Å². The Morgan fingerprint density at radius 3 is 2.39 bits per heavy atom. The molecule has 0 amide bonds. The van der Waals surface area contributed by atoms with Crippen LogP contribution in [0.25, 0.3) is 0 Å². The number of hydrogen-bond donors (Lipinski definition) is 2. The maximum Gasteiger partial charge on any atom is 0.0499 e. The zero-order valence-corrected chi connectivity index (χ0v) is 13.6. The Bertz CT molecular complexity index is 387. The van der Waals surface area contributed by atoms with Crippen molar-refractivity contribution in [2.75, 3.05) is 0 Å². The molecular weight excluding hydrogens is 356 g/mol. The molecule has 1 fully saturated rings. The maximum absolute atomic E-state index is 5.82. The van der Waals surface area contributed by atoms with Crippen molar-refractivity contribution in [1.29, 1.82) is 0 Å². The predicted molar refractivity (Wildman–Crippen MR) is 83.1 cm³/mol. The van der Waals surface area contributed by atoms with Crippen LogP contribution < -0.4 is 11.3 Å². The lowest BCUT2D eigenvalue weighted by atomic mass is 9.87. The van der Waals surface area contributed by atoms with Gasteiger partial charge in [0.05, 0.1) is 0 Å². The van der Waals surface area contributed by atoms with E-state index in [4.69, 9.17) is 5.84 Å². The highest BCUT2D eigenvalue weighted by Gasteiger charge is 2.24. The zero-order chi connectivity index (χ0) is 13.0. The van der Waals surface area contributed by atoms with Gasteiger partial charge < -0.3 is 0 Å². The fraction of sp³-hybridized carbons (Fsp3) is 0.571. The highest BCUT2D eigenvalue weighted by Crippen LogP contribution is 2.37. The molecule has 4 heteroatoms. The first-order valence-corrected chi connectivity index (χ1v) is 8.22. The topological polar surface area (TPSA) is 38.0 Å². The summed E-state index contributed by atoms with van der Waals surface area (Å²) in [6.45, 7) is 0. The average molecular weight is 376 g/mol. The second-order valence-corrected chi connectivity index (χ2v) is 6.83. The van der Waals surface area contributed by atoms with Crippen LogP contribution in [0.3, 0.4) is 0 Å². The van der Waals surface area contributed by atoms with Crippen molar-refractivity contribution >= 4 is 31.9 Å². The van der Waals surface area contributed by atoms with Crippen molar-refractivity contribution in [1.82, 2.24) is 5.43 Å². The van der Waals surface area contributed by atoms with E-state index >= 15 is 0 Å². The van der Waals surface area contributed by atoms with Gasteiger partial charge in [-0.3, -0.25) is 11.3 Å². The molecule has 1 aliphatic rings. The van der Waals surface area contributed by atoms with Gasteiger partial charge in [-0.25, -0.2) is 0 Å². The molecule has 2 rings (SSSR count). The van der Waals surface area contributed by atoms with Crippen molar-refractivity contribution in [2.45, 2.75) is 44.6 Å². The number of hydrogen-bond acceptors (Lipinski definition) is 2. The van der Waals surface area contributed by atoms with Gasteiger partial charge in [0.2, 0.25) is 0 Å². The Hall–Kier alpha value is 0.1000. The van der Waals surface area contributed by atoms with Crippen molar-refractivity contribution in [2.24, 2.45) is 11.8 Å². The third kappa shape index (κ3) is 3.56.